The summed E-state index contributed by atoms with van der Waals surface area (Å²) in [6, 6.07) is 0. The molecule has 4 heavy (non-hydrogen) atoms. The van der Waals surface area contributed by atoms with Crippen LogP contribution in [0, 0.1) is 81.5 Å². The molecule has 0 heterocycles. The normalized spacial score (nSPS) is 0.750. The minimum Gasteiger partial charge on any atom is 0 e. The Bertz CT molecular complexity index is 6.00. The maximum Gasteiger partial charge on any atom is 0 e. The van der Waals surface area contributed by atoms with Gasteiger partial charge in [-0.15, -0.1) is 0 Å². The maximum atomic E-state index is 8.39. The van der Waals surface area contributed by atoms with Gasteiger partial charge in [-0.1, -0.05) is 0 Å². The Hall–Kier alpha value is 3.44. The molecule has 18 valence electrons. The van der Waals surface area contributed by atoms with Gasteiger partial charge in [0.15, 0.2) is 0 Å². The van der Waals surface area contributed by atoms with Gasteiger partial charge in [0.2, 0.25) is 0 Å². The van der Waals surface area contributed by atoms with E-state index < -0.39 is 0 Å². The molecule has 0 rings (SSSR count). The fourth-order valence-electron chi connectivity index (χ4n) is 0. The van der Waals surface area contributed by atoms with Crippen molar-refractivity contribution in [3.63, 3.8) is 0 Å². The first-order valence-corrected chi connectivity index (χ1v) is 1.49. The van der Waals surface area contributed by atoms with E-state index >= 15 is 0 Å². The van der Waals surface area contributed by atoms with Crippen molar-refractivity contribution in [3.8, 4) is 0 Å². The summed E-state index contributed by atoms with van der Waals surface area (Å²) in [6.45, 7) is 0. The molecular weight excluding hydrogens is 387 g/mol. The standard InChI is InChI=1S/2Ce.O.Zr. The van der Waals surface area contributed by atoms with E-state index in [4.69, 9.17) is 0.938 Å². The van der Waals surface area contributed by atoms with Gasteiger partial charge in [-0.2, -0.15) is 0 Å². The molecule has 0 aromatic carbocycles. The summed E-state index contributed by atoms with van der Waals surface area (Å²) in [5.74, 6) is 0. The van der Waals surface area contributed by atoms with Crippen LogP contribution in [0.2, 0.25) is 0 Å². The second-order valence-electron chi connectivity index (χ2n) is 0. The Kier molecular flexibility index (Phi) is 63.0. The van der Waals surface area contributed by atoms with Crippen LogP contribution in [-0.2, 0) is 27.1 Å². The van der Waals surface area contributed by atoms with Gasteiger partial charge in [0, 0.05) is 68.0 Å². The van der Waals surface area contributed by atoms with Gasteiger partial charge in [-0.25, -0.2) is 0 Å². The Morgan fingerprint density at radius 2 is 1.25 bits per heavy atom. The summed E-state index contributed by atoms with van der Waals surface area (Å²) in [4.78, 5) is 0. The van der Waals surface area contributed by atoms with Crippen molar-refractivity contribution in [2.24, 2.45) is 0 Å². The molecule has 0 spiro atoms. The van der Waals surface area contributed by atoms with Crippen LogP contribution in [-0.4, -0.2) is 0 Å². The molecule has 0 N–H and O–H groups in total. The maximum absolute atomic E-state index is 8.39. The van der Waals surface area contributed by atoms with Gasteiger partial charge in [-0.05, 0) is 0 Å². The zero-order valence-corrected chi connectivity index (χ0v) is 10.6. The topological polar surface area (TPSA) is 17.1 Å². The van der Waals surface area contributed by atoms with Crippen LogP contribution in [0.4, 0.5) is 0 Å². The Balaban J connectivity index is -0.00000000500. The smallest absolute Gasteiger partial charge is 0 e. The molecule has 4 heteroatoms. The summed E-state index contributed by atoms with van der Waals surface area (Å²) in [6.07, 6.45) is 0. The van der Waals surface area contributed by atoms with Gasteiger partial charge >= 0.3 is 40.7 Å². The zero-order chi connectivity index (χ0) is 2.00. The molecular formula is Ce2OZr. The third-order valence-corrected chi connectivity index (χ3v) is 0. The monoisotopic (exact) mass is 386 g/mol. The van der Waals surface area contributed by atoms with E-state index in [0.29, 0.717) is 0 Å². The van der Waals surface area contributed by atoms with Crippen LogP contribution in [0.5, 0.6) is 0 Å². The van der Waals surface area contributed by atoms with Gasteiger partial charge in [-0.3, -0.25) is 0 Å². The molecule has 0 saturated carbocycles. The minimum atomic E-state index is 0. The third kappa shape index (κ3) is 9.06. The number of hydrogen-bond donors (Lipinski definition) is 0. The van der Waals surface area contributed by atoms with Crippen molar-refractivity contribution in [2.45, 2.75) is 0 Å². The van der Waals surface area contributed by atoms with Crippen molar-refractivity contribution in [2.75, 3.05) is 0 Å². The fourth-order valence-corrected chi connectivity index (χ4v) is 0. The van der Waals surface area contributed by atoms with Crippen LogP contribution in [0.1, 0.15) is 0 Å². The minimum absolute atomic E-state index is 0. The van der Waals surface area contributed by atoms with Gasteiger partial charge in [0.05, 0.1) is 0 Å². The summed E-state index contributed by atoms with van der Waals surface area (Å²) < 4.78 is 8.39. The summed E-state index contributed by atoms with van der Waals surface area (Å²) in [5, 5.41) is 0. The van der Waals surface area contributed by atoms with Crippen LogP contribution in [0.25, 0.3) is 0 Å². The summed E-state index contributed by atoms with van der Waals surface area (Å²) >= 11 is 0.0556. The Morgan fingerprint density at radius 1 is 1.25 bits per heavy atom. The van der Waals surface area contributed by atoms with Crippen LogP contribution in [0.15, 0.2) is 0 Å². The van der Waals surface area contributed by atoms with Crippen molar-refractivity contribution < 1.29 is 109 Å². The third-order valence-electron chi connectivity index (χ3n) is 0. The van der Waals surface area contributed by atoms with E-state index in [-0.39, 0.29) is 108 Å². The molecule has 0 aromatic rings. The van der Waals surface area contributed by atoms with Crippen molar-refractivity contribution in [1.82, 2.24) is 0 Å². The molecule has 0 atom stereocenters. The van der Waals surface area contributed by atoms with Gasteiger partial charge in [0.1, 0.15) is 0 Å². The van der Waals surface area contributed by atoms with E-state index in [9.17, 15) is 0 Å². The van der Waals surface area contributed by atoms with E-state index in [1.165, 1.54) is 0 Å². The molecule has 1 nitrogen and oxygen atoms in total. The molecule has 0 saturated heterocycles. The molecule has 0 aliphatic heterocycles. The average molecular weight is 387 g/mol. The van der Waals surface area contributed by atoms with Crippen molar-refractivity contribution in [3.05, 3.63) is 0 Å². The molecule has 0 unspecified atom stereocenters. The molecule has 0 aliphatic rings. The number of rotatable bonds is 0. The first-order chi connectivity index (χ1) is 1.00. The Labute approximate surface area is 105 Å². The van der Waals surface area contributed by atoms with E-state index in [2.05, 4.69) is 0 Å². The first kappa shape index (κ1) is 15.7. The van der Waals surface area contributed by atoms with E-state index in [1.54, 1.807) is 0 Å². The molecule has 0 fully saturated rings. The van der Waals surface area contributed by atoms with E-state index in [0.717, 1.165) is 0 Å². The molecule has 0 radical (unpaired) electrons. The van der Waals surface area contributed by atoms with Crippen LogP contribution < -0.4 is 0 Å². The van der Waals surface area contributed by atoms with Crippen molar-refractivity contribution >= 4 is 0 Å². The zero-order valence-electron chi connectivity index (χ0n) is 1.91. The summed E-state index contributed by atoms with van der Waals surface area (Å²) in [5.41, 5.74) is 0. The van der Waals surface area contributed by atoms with E-state index in [1.807, 2.05) is 0 Å². The van der Waals surface area contributed by atoms with Crippen molar-refractivity contribution in [1.29, 1.82) is 0 Å². The second-order valence-corrected chi connectivity index (χ2v) is 0. The predicted molar refractivity (Wildman–Crippen MR) is 0.686 cm³/mol. The van der Waals surface area contributed by atoms with Gasteiger partial charge < -0.3 is 0 Å². The average Bonchev–Trinajstić information content (AvgIpc) is 1.00. The molecule has 0 aromatic heterocycles. The first-order valence-electron chi connectivity index (χ1n) is 0.204. The van der Waals surface area contributed by atoms with Gasteiger partial charge in [0.25, 0.3) is 0 Å². The van der Waals surface area contributed by atoms with Crippen LogP contribution in [0.3, 0.4) is 0 Å². The van der Waals surface area contributed by atoms with Crippen LogP contribution >= 0.6 is 0 Å². The largest absolute Gasteiger partial charge is 0 e. The SMILES string of the molecule is [Ce].[O]=[Ce].[Zr]. The predicted octanol–water partition coefficient (Wildman–Crippen LogP) is -0.121. The number of hydrogen-bond acceptors (Lipinski definition) is 1. The Morgan fingerprint density at radius 3 is 1.25 bits per heavy atom. The molecule has 0 aliphatic carbocycles. The quantitative estimate of drug-likeness (QED) is 0.567. The summed E-state index contributed by atoms with van der Waals surface area (Å²) in [7, 11) is 0. The fraction of sp³-hybridized carbons (Fsp3) is 0. The second kappa shape index (κ2) is 16.1. The molecule has 0 bridgehead atoms. The molecule has 0 amide bonds.